The topological polar surface area (TPSA) is 261 Å². The van der Waals surface area contributed by atoms with E-state index in [1.807, 2.05) is 170 Å². The van der Waals surface area contributed by atoms with Crippen LogP contribution in [0, 0.1) is 5.82 Å². The Morgan fingerprint density at radius 1 is 0.297 bits per heavy atom. The molecule has 16 heterocycles. The lowest BCUT2D eigenvalue weighted by molar-refractivity contribution is -0.139. The third-order valence-electron chi connectivity index (χ3n) is 29.2. The van der Waals surface area contributed by atoms with Gasteiger partial charge in [-0.2, -0.15) is 0 Å². The molecular weight excluding hydrogens is 2000 g/mol. The van der Waals surface area contributed by atoms with Crippen molar-refractivity contribution < 1.29 is 66.3 Å². The first-order valence-electron chi connectivity index (χ1n) is 50.7. The van der Waals surface area contributed by atoms with E-state index in [0.29, 0.717) is 101 Å². The van der Waals surface area contributed by atoms with E-state index in [1.165, 1.54) is 45.3 Å². The van der Waals surface area contributed by atoms with Gasteiger partial charge in [-0.25, -0.2) is 9.18 Å². The first kappa shape index (κ1) is 100. The number of methoxy groups -OCH3 is 2. The fraction of sp³-hybridized carbons (Fsp3) is 0.316. The Morgan fingerprint density at radius 2 is 0.622 bits per heavy atom. The van der Waals surface area contributed by atoms with Crippen LogP contribution < -0.4 is 28.4 Å². The Balaban J connectivity index is 0.000000108. The zero-order chi connectivity index (χ0) is 102. The Morgan fingerprint density at radius 3 is 0.993 bits per heavy atom. The first-order chi connectivity index (χ1) is 72.1. The summed E-state index contributed by atoms with van der Waals surface area (Å²) in [6.45, 7) is 8.07. The molecule has 0 radical (unpaired) electrons. The number of carbonyl (C=O) groups excluding carboxylic acids is 6. The Hall–Kier alpha value is -13.5. The van der Waals surface area contributed by atoms with Crippen molar-refractivity contribution in [2.24, 2.45) is 0 Å². The van der Waals surface area contributed by atoms with Crippen molar-refractivity contribution in [3.63, 3.8) is 0 Å². The van der Waals surface area contributed by atoms with Crippen molar-refractivity contribution in [3.8, 4) is 90.1 Å². The van der Waals surface area contributed by atoms with Gasteiger partial charge in [-0.3, -0.25) is 53.9 Å². The summed E-state index contributed by atoms with van der Waals surface area (Å²) in [7, 11) is 2.99. The van der Waals surface area contributed by atoms with Gasteiger partial charge in [0, 0.05) is 254 Å². The molecule has 24 nitrogen and oxygen atoms in total. The minimum Gasteiger partial charge on any atom is -0.494 e. The number of carbonyl (C=O) groups is 6. The highest BCUT2D eigenvalue weighted by Crippen LogP contribution is 2.51. The fourth-order valence-electron chi connectivity index (χ4n) is 22.0. The third kappa shape index (κ3) is 21.1. The minimum atomic E-state index is -0.537. The molecule has 10 aliphatic heterocycles. The highest BCUT2D eigenvalue weighted by Gasteiger charge is 2.42. The molecule has 0 aliphatic carbocycles. The quantitative estimate of drug-likeness (QED) is 0.103. The van der Waals surface area contributed by atoms with E-state index in [0.717, 1.165) is 268 Å². The molecule has 5 saturated heterocycles. The van der Waals surface area contributed by atoms with Gasteiger partial charge < -0.3 is 57.7 Å². The number of amides is 5. The standard InChI is InChI=1S/C25H23ClN2O4.C24H23ClN2O3.C23H20Cl2N2O2.C23H20ClFN2O2.C22H20ClN3O2/c1-31-25(30)15-5-6-19-18(7-8-27-21(19)12-15)20-14-17(26)11-16-13-22(32-23(16)20)24(29)28-9-3-2-4-10-28;1-29-20-7-5-6-18-17(8-9-26-22(18)20)19-14-16(25)12-15-13-21(30-23(15)19)24(28)27-10-3-2-4-11-27;24-15-4-5-20-18(12-15)17(6-7-26-20)19-13-16(25)10-14-11-21(29-22(14)19)23(28)27-8-2-1-3-9-27;24-15-11-14-12-20(23(28)27-9-2-1-3-10-27)29-22(14)18(13-15)16-7-8-26-21-17(16)5-4-6-19(21)25;23-15-10-14-11-20(22(27)26-8-2-1-3-9-26)28-21(14)17(12-15)16-4-7-25-19-5-6-24-13-18(16)19/h5-8,11-12,14,22H,2-4,9-10,13H2,1H3;5-9,12,14,21H,2-4,10-11,13H2,1H3;4-7,10,12-13,21H,1-3,8-9,11H2;4-8,11,13,20H,1-3,9-10,12H2;4-7,10,12-13,20H,1-3,8-9,11H2. The lowest BCUT2D eigenvalue weighted by Gasteiger charge is -2.28. The normalized spacial score (nSPS) is 18.3. The number of ether oxygens (including phenoxy) is 7. The van der Waals surface area contributed by atoms with Gasteiger partial charge in [0.2, 0.25) is 0 Å². The van der Waals surface area contributed by atoms with E-state index in [1.54, 1.807) is 68.7 Å². The van der Waals surface area contributed by atoms with Crippen LogP contribution in [0.25, 0.3) is 110 Å². The summed E-state index contributed by atoms with van der Waals surface area (Å²) in [5.74, 6) is 3.81. The smallest absolute Gasteiger partial charge is 0.337 e. The van der Waals surface area contributed by atoms with Crippen LogP contribution in [-0.4, -0.2) is 200 Å². The van der Waals surface area contributed by atoms with Gasteiger partial charge in [0.05, 0.1) is 36.3 Å². The SMILES string of the molecule is COC(=O)c1ccc2c(-c3cc(Cl)cc4c3OC(C(=O)N3CCCCC3)C4)ccnc2c1.COc1cccc2c(-c3cc(Cl)cc4c3OC(C(=O)N3CCCCC3)C4)ccnc12.O=C(C1Cc2cc(Cl)cc(-c3ccnc4c(F)cccc34)c2O1)N1CCCCC1.O=C(C1Cc2cc(Cl)cc(-c3ccnc4ccc(Cl)cc34)c2O1)N1CCCCC1.O=C(C1Cc2cc(Cl)cc(-c3ccnc4ccncc34)c2O1)N1CCCCC1. The number of benzene rings is 9. The number of esters is 1. The molecule has 0 saturated carbocycles. The number of fused-ring (bicyclic) bond motifs is 10. The van der Waals surface area contributed by atoms with Crippen molar-refractivity contribution in [1.82, 2.24) is 54.4 Å². The molecule has 5 atom stereocenters. The van der Waals surface area contributed by atoms with Crippen LogP contribution >= 0.6 is 69.6 Å². The summed E-state index contributed by atoms with van der Waals surface area (Å²) in [5, 5.41) is 8.05. The average Bonchev–Trinajstić information content (AvgIpc) is 1.54. The van der Waals surface area contributed by atoms with Gasteiger partial charge >= 0.3 is 5.97 Å². The van der Waals surface area contributed by atoms with Crippen LogP contribution in [0.3, 0.4) is 0 Å². The molecule has 9 aromatic carbocycles. The van der Waals surface area contributed by atoms with E-state index < -0.39 is 36.5 Å². The van der Waals surface area contributed by atoms with Crippen LogP contribution in [0.2, 0.25) is 30.1 Å². The molecule has 6 aromatic heterocycles. The van der Waals surface area contributed by atoms with E-state index in [-0.39, 0.29) is 35.4 Å². The van der Waals surface area contributed by atoms with E-state index >= 15 is 0 Å². The molecule has 0 bridgehead atoms. The van der Waals surface area contributed by atoms with Crippen LogP contribution in [0.15, 0.2) is 213 Å². The summed E-state index contributed by atoms with van der Waals surface area (Å²) in [5.41, 5.74) is 17.4. The zero-order valence-electron chi connectivity index (χ0n) is 81.7. The van der Waals surface area contributed by atoms with Gasteiger partial charge in [-0.15, -0.1) is 0 Å². The van der Waals surface area contributed by atoms with Crippen LogP contribution in [-0.2, 0) is 60.8 Å². The largest absolute Gasteiger partial charge is 0.494 e. The number of hydrogen-bond acceptors (Lipinski definition) is 19. The number of rotatable bonds is 12. The fourth-order valence-corrected chi connectivity index (χ4v) is 23.4. The van der Waals surface area contributed by atoms with Gasteiger partial charge in [0.15, 0.2) is 30.5 Å². The second-order valence-corrected chi connectivity index (χ2v) is 41.4. The predicted octanol–water partition coefficient (Wildman–Crippen LogP) is 24.3. The van der Waals surface area contributed by atoms with Crippen LogP contribution in [0.4, 0.5) is 4.39 Å². The second kappa shape index (κ2) is 44.5. The Bertz CT molecular complexity index is 7600. The highest BCUT2D eigenvalue weighted by molar-refractivity contribution is 6.33. The molecule has 0 N–H and O–H groups in total. The lowest BCUT2D eigenvalue weighted by atomic mass is 9.97. The highest BCUT2D eigenvalue weighted by atomic mass is 35.5. The number of nitrogens with zero attached hydrogens (tertiary/aromatic N) is 11. The monoisotopic (exact) mass is 2100 g/mol. The molecule has 15 aromatic rings. The summed E-state index contributed by atoms with van der Waals surface area (Å²) in [6, 6.07) is 51.9. The maximum Gasteiger partial charge on any atom is 0.337 e. The van der Waals surface area contributed by atoms with Gasteiger partial charge in [-0.05, 0) is 264 Å². The lowest BCUT2D eigenvalue weighted by Crippen LogP contribution is -2.43. The summed E-state index contributed by atoms with van der Waals surface area (Å²) >= 11 is 38.4. The minimum absolute atomic E-state index is 0.0357. The molecule has 148 heavy (non-hydrogen) atoms. The van der Waals surface area contributed by atoms with Crippen molar-refractivity contribution >= 4 is 160 Å². The van der Waals surface area contributed by atoms with Gasteiger partial charge in [0.1, 0.15) is 51.3 Å². The van der Waals surface area contributed by atoms with Crippen LogP contribution in [0.1, 0.15) is 134 Å². The molecule has 31 heteroatoms. The first-order valence-corrected chi connectivity index (χ1v) is 53.0. The molecule has 5 unspecified atom stereocenters. The number of piperidine rings is 5. The second-order valence-electron chi connectivity index (χ2n) is 38.8. The average molecular weight is 2110 g/mol. The van der Waals surface area contributed by atoms with Gasteiger partial charge in [-0.1, -0.05) is 99.9 Å². The van der Waals surface area contributed by atoms with E-state index in [4.69, 9.17) is 103 Å². The zero-order valence-corrected chi connectivity index (χ0v) is 86.2. The Labute approximate surface area is 885 Å². The summed E-state index contributed by atoms with van der Waals surface area (Å²) in [6.07, 6.45) is 28.7. The summed E-state index contributed by atoms with van der Waals surface area (Å²) < 4.78 is 55.7. The molecule has 0 spiro atoms. The number of para-hydroxylation sites is 2. The van der Waals surface area contributed by atoms with Crippen LogP contribution in [0.5, 0.6) is 34.5 Å². The number of aromatic nitrogens is 6. The number of halogens is 7. The predicted molar refractivity (Wildman–Crippen MR) is 574 cm³/mol. The molecule has 756 valence electrons. The van der Waals surface area contributed by atoms with Gasteiger partial charge in [0.25, 0.3) is 29.5 Å². The van der Waals surface area contributed by atoms with Crippen molar-refractivity contribution in [2.75, 3.05) is 79.7 Å². The third-order valence-corrected chi connectivity index (χ3v) is 30.6. The molecule has 10 aliphatic rings. The van der Waals surface area contributed by atoms with Crippen molar-refractivity contribution in [2.45, 2.75) is 159 Å². The molecule has 5 amide bonds. The van der Waals surface area contributed by atoms with E-state index in [9.17, 15) is 33.2 Å². The van der Waals surface area contributed by atoms with E-state index in [2.05, 4.69) is 29.9 Å². The van der Waals surface area contributed by atoms with Crippen molar-refractivity contribution in [3.05, 3.63) is 283 Å². The summed E-state index contributed by atoms with van der Waals surface area (Å²) in [4.78, 5) is 113. The number of likely N-dealkylation sites (tertiary alicyclic amines) is 5. The maximum atomic E-state index is 14.2. The number of pyridine rings is 6. The maximum absolute atomic E-state index is 14.2. The Kier molecular flexibility index (Phi) is 30.2. The molecular formula is C117H106Cl6FN11O13. The molecule has 25 rings (SSSR count). The van der Waals surface area contributed by atoms with Crippen molar-refractivity contribution in [1.29, 1.82) is 0 Å². The molecule has 5 fully saturated rings. The number of hydrogen-bond donors (Lipinski definition) is 0.